The van der Waals surface area contributed by atoms with E-state index in [9.17, 15) is 0 Å². The quantitative estimate of drug-likeness (QED) is 0.364. The molecule has 0 radical (unpaired) electrons. The number of unbranched alkanes of at least 4 members (excludes halogenated alkanes) is 3. The van der Waals surface area contributed by atoms with E-state index in [0.717, 1.165) is 0 Å². The molecular formula is C13H27NS. The van der Waals surface area contributed by atoms with Gasteiger partial charge in [0, 0.05) is 11.2 Å². The van der Waals surface area contributed by atoms with Gasteiger partial charge in [-0.1, -0.05) is 52.5 Å². The Morgan fingerprint density at radius 1 is 1.27 bits per heavy atom. The lowest BCUT2D eigenvalue weighted by molar-refractivity contribution is 0.519. The van der Waals surface area contributed by atoms with Crippen molar-refractivity contribution in [3.05, 3.63) is 12.7 Å². The van der Waals surface area contributed by atoms with E-state index in [1.165, 1.54) is 32.1 Å². The van der Waals surface area contributed by atoms with E-state index in [1.807, 2.05) is 17.8 Å². The second-order valence-corrected chi connectivity index (χ2v) is 6.16. The zero-order chi connectivity index (χ0) is 11.7. The Bertz CT molecular complexity index is 157. The highest BCUT2D eigenvalue weighted by molar-refractivity contribution is 8.00. The molecule has 0 aromatic heterocycles. The molecule has 0 aliphatic carbocycles. The highest BCUT2D eigenvalue weighted by Crippen LogP contribution is 2.24. The zero-order valence-electron chi connectivity index (χ0n) is 10.5. The Labute approximate surface area is 99.9 Å². The molecule has 2 heteroatoms. The highest BCUT2D eigenvalue weighted by atomic mass is 32.2. The predicted molar refractivity (Wildman–Crippen MR) is 73.1 cm³/mol. The van der Waals surface area contributed by atoms with Crippen LogP contribution in [0.5, 0.6) is 0 Å². The number of rotatable bonds is 9. The molecule has 0 bridgehead atoms. The maximum absolute atomic E-state index is 6.14. The third kappa shape index (κ3) is 7.92. The molecule has 1 nitrogen and oxygen atoms in total. The molecule has 0 amide bonds. The van der Waals surface area contributed by atoms with Crippen molar-refractivity contribution in [1.82, 2.24) is 0 Å². The molecule has 0 fully saturated rings. The average Bonchev–Trinajstić information content (AvgIpc) is 2.16. The van der Waals surface area contributed by atoms with Gasteiger partial charge >= 0.3 is 0 Å². The van der Waals surface area contributed by atoms with E-state index >= 15 is 0 Å². The van der Waals surface area contributed by atoms with Crippen LogP contribution < -0.4 is 5.73 Å². The van der Waals surface area contributed by atoms with E-state index in [-0.39, 0.29) is 5.37 Å². The molecule has 15 heavy (non-hydrogen) atoms. The van der Waals surface area contributed by atoms with Crippen LogP contribution in [0.1, 0.15) is 52.9 Å². The van der Waals surface area contributed by atoms with Crippen LogP contribution in [0.3, 0.4) is 0 Å². The highest BCUT2D eigenvalue weighted by Gasteiger charge is 2.15. The molecule has 0 aromatic rings. The summed E-state index contributed by atoms with van der Waals surface area (Å²) in [6.45, 7) is 10.5. The molecule has 0 saturated carbocycles. The third-order valence-electron chi connectivity index (χ3n) is 2.55. The van der Waals surface area contributed by atoms with Crippen LogP contribution in [0.2, 0.25) is 0 Å². The Hall–Kier alpha value is 0.0500. The summed E-state index contributed by atoms with van der Waals surface area (Å²) in [5.74, 6) is 0.481. The van der Waals surface area contributed by atoms with Crippen LogP contribution in [0.15, 0.2) is 12.7 Å². The van der Waals surface area contributed by atoms with E-state index in [1.54, 1.807) is 0 Å². The third-order valence-corrected chi connectivity index (χ3v) is 3.75. The number of hydrogen-bond acceptors (Lipinski definition) is 2. The molecule has 2 N–H and O–H groups in total. The lowest BCUT2D eigenvalue weighted by Gasteiger charge is -2.21. The van der Waals surface area contributed by atoms with Crippen molar-refractivity contribution in [3.8, 4) is 0 Å². The topological polar surface area (TPSA) is 26.0 Å². The summed E-state index contributed by atoms with van der Waals surface area (Å²) in [6, 6.07) is 0. The monoisotopic (exact) mass is 229 g/mol. The standard InChI is InChI=1S/C13H27NS/c1-5-7-8-9-10-12(6-2)13(14)15-11(3)4/h6,11-13H,2,5,7-10,14H2,1,3-4H3/t12-,13-/m1/s1. The van der Waals surface area contributed by atoms with Gasteiger partial charge in [0.25, 0.3) is 0 Å². The van der Waals surface area contributed by atoms with Gasteiger partial charge in [0.1, 0.15) is 0 Å². The summed E-state index contributed by atoms with van der Waals surface area (Å²) in [7, 11) is 0. The minimum absolute atomic E-state index is 0.226. The molecule has 0 aliphatic rings. The van der Waals surface area contributed by atoms with E-state index in [4.69, 9.17) is 5.73 Å². The van der Waals surface area contributed by atoms with Crippen molar-refractivity contribution >= 4 is 11.8 Å². The molecule has 0 spiro atoms. The summed E-state index contributed by atoms with van der Waals surface area (Å²) < 4.78 is 0. The van der Waals surface area contributed by atoms with Crippen molar-refractivity contribution in [1.29, 1.82) is 0 Å². The first kappa shape index (κ1) is 15.0. The van der Waals surface area contributed by atoms with Crippen LogP contribution in [0.25, 0.3) is 0 Å². The lowest BCUT2D eigenvalue weighted by atomic mass is 10.0. The van der Waals surface area contributed by atoms with Crippen molar-refractivity contribution in [3.63, 3.8) is 0 Å². The number of nitrogens with two attached hydrogens (primary N) is 1. The Morgan fingerprint density at radius 3 is 2.40 bits per heavy atom. The molecule has 2 atom stereocenters. The maximum Gasteiger partial charge on any atom is 0.0573 e. The second kappa shape index (κ2) is 9.29. The van der Waals surface area contributed by atoms with Crippen molar-refractivity contribution in [2.45, 2.75) is 63.5 Å². The SMILES string of the molecule is C=C[C@H](CCCCCC)[C@H](N)SC(C)C. The molecule has 0 saturated heterocycles. The predicted octanol–water partition coefficient (Wildman–Crippen LogP) is 4.19. The molecule has 0 rings (SSSR count). The molecular weight excluding hydrogens is 202 g/mol. The molecule has 0 unspecified atom stereocenters. The summed E-state index contributed by atoms with van der Waals surface area (Å²) in [5, 5.41) is 0.835. The molecule has 0 heterocycles. The zero-order valence-corrected chi connectivity index (χ0v) is 11.4. The second-order valence-electron chi connectivity index (χ2n) is 4.40. The van der Waals surface area contributed by atoms with Crippen LogP contribution in [0.4, 0.5) is 0 Å². The Morgan fingerprint density at radius 2 is 1.93 bits per heavy atom. The first-order chi connectivity index (χ1) is 7.11. The van der Waals surface area contributed by atoms with Crippen LogP contribution in [-0.4, -0.2) is 10.6 Å². The first-order valence-corrected chi connectivity index (χ1v) is 7.09. The number of thioether (sulfide) groups is 1. The van der Waals surface area contributed by atoms with Gasteiger partial charge in [0.15, 0.2) is 0 Å². The minimum atomic E-state index is 0.226. The van der Waals surface area contributed by atoms with Crippen molar-refractivity contribution in [2.75, 3.05) is 0 Å². The number of hydrogen-bond donors (Lipinski definition) is 1. The van der Waals surface area contributed by atoms with Gasteiger partial charge in [0.2, 0.25) is 0 Å². The molecule has 90 valence electrons. The van der Waals surface area contributed by atoms with Gasteiger partial charge in [-0.3, -0.25) is 0 Å². The average molecular weight is 229 g/mol. The summed E-state index contributed by atoms with van der Waals surface area (Å²) in [6.07, 6.45) is 8.50. The molecule has 0 aromatic carbocycles. The van der Waals surface area contributed by atoms with E-state index in [2.05, 4.69) is 27.4 Å². The van der Waals surface area contributed by atoms with Gasteiger partial charge in [-0.15, -0.1) is 18.3 Å². The van der Waals surface area contributed by atoms with Crippen LogP contribution in [-0.2, 0) is 0 Å². The normalized spacial score (nSPS) is 15.3. The van der Waals surface area contributed by atoms with Gasteiger partial charge in [0.05, 0.1) is 5.37 Å². The smallest absolute Gasteiger partial charge is 0.0573 e. The fourth-order valence-electron chi connectivity index (χ4n) is 1.64. The van der Waals surface area contributed by atoms with Crippen molar-refractivity contribution in [2.24, 2.45) is 11.7 Å². The van der Waals surface area contributed by atoms with E-state index < -0.39 is 0 Å². The lowest BCUT2D eigenvalue weighted by Crippen LogP contribution is -2.26. The summed E-state index contributed by atoms with van der Waals surface area (Å²) in [4.78, 5) is 0. The first-order valence-electron chi connectivity index (χ1n) is 6.15. The summed E-state index contributed by atoms with van der Waals surface area (Å²) >= 11 is 1.86. The van der Waals surface area contributed by atoms with E-state index in [0.29, 0.717) is 11.2 Å². The van der Waals surface area contributed by atoms with Gasteiger partial charge in [-0.25, -0.2) is 0 Å². The summed E-state index contributed by atoms with van der Waals surface area (Å²) in [5.41, 5.74) is 6.14. The largest absolute Gasteiger partial charge is 0.319 e. The maximum atomic E-state index is 6.14. The fraction of sp³-hybridized carbons (Fsp3) is 0.846. The Kier molecular flexibility index (Phi) is 9.32. The van der Waals surface area contributed by atoms with Crippen molar-refractivity contribution < 1.29 is 0 Å². The Balaban J connectivity index is 3.75. The van der Waals surface area contributed by atoms with Gasteiger partial charge < -0.3 is 5.73 Å². The van der Waals surface area contributed by atoms with Crippen LogP contribution in [0, 0.1) is 5.92 Å². The fourth-order valence-corrected chi connectivity index (χ4v) is 2.72. The van der Waals surface area contributed by atoms with Gasteiger partial charge in [-0.05, 0) is 6.42 Å². The molecule has 0 aliphatic heterocycles. The van der Waals surface area contributed by atoms with Crippen LogP contribution >= 0.6 is 11.8 Å². The van der Waals surface area contributed by atoms with Gasteiger partial charge in [-0.2, -0.15) is 0 Å². The minimum Gasteiger partial charge on any atom is -0.319 e.